The highest BCUT2D eigenvalue weighted by Crippen LogP contribution is 2.15. The van der Waals surface area contributed by atoms with E-state index < -0.39 is 0 Å². The standard InChI is InChI=1S/C17H29N3/c1-19(2)14-17-9-5-4-8-16(17)12-18-11-15-7-6-10-20(3)13-15/h4-5,8-9,15,18H,6-7,10-14H2,1-3H3. The zero-order chi connectivity index (χ0) is 14.4. The summed E-state index contributed by atoms with van der Waals surface area (Å²) in [5.74, 6) is 0.815. The summed E-state index contributed by atoms with van der Waals surface area (Å²) in [5.41, 5.74) is 2.87. The first-order valence-electron chi connectivity index (χ1n) is 7.76. The highest BCUT2D eigenvalue weighted by molar-refractivity contribution is 5.26. The second-order valence-corrected chi connectivity index (χ2v) is 6.41. The number of hydrogen-bond donors (Lipinski definition) is 1. The van der Waals surface area contributed by atoms with Gasteiger partial charge in [0.15, 0.2) is 0 Å². The predicted octanol–water partition coefficient (Wildman–Crippen LogP) is 2.18. The highest BCUT2D eigenvalue weighted by atomic mass is 15.1. The van der Waals surface area contributed by atoms with Crippen LogP contribution in [0.3, 0.4) is 0 Å². The Bertz CT molecular complexity index is 403. The van der Waals surface area contributed by atoms with E-state index >= 15 is 0 Å². The molecule has 1 aliphatic rings. The van der Waals surface area contributed by atoms with Crippen LogP contribution in [0.1, 0.15) is 24.0 Å². The molecular formula is C17H29N3. The average Bonchev–Trinajstić information content (AvgIpc) is 2.40. The maximum absolute atomic E-state index is 3.66. The zero-order valence-corrected chi connectivity index (χ0v) is 13.2. The molecule has 20 heavy (non-hydrogen) atoms. The minimum Gasteiger partial charge on any atom is -0.312 e. The summed E-state index contributed by atoms with van der Waals surface area (Å²) < 4.78 is 0. The molecule has 1 fully saturated rings. The Kier molecular flexibility index (Phi) is 6.02. The first-order valence-corrected chi connectivity index (χ1v) is 7.76. The van der Waals surface area contributed by atoms with Crippen molar-refractivity contribution in [1.82, 2.24) is 15.1 Å². The summed E-state index contributed by atoms with van der Waals surface area (Å²) in [6.45, 7) is 5.66. The molecule has 1 heterocycles. The fourth-order valence-electron chi connectivity index (χ4n) is 3.08. The van der Waals surface area contributed by atoms with Gasteiger partial charge in [-0.15, -0.1) is 0 Å². The number of piperidine rings is 1. The third-order valence-corrected chi connectivity index (χ3v) is 4.08. The summed E-state index contributed by atoms with van der Waals surface area (Å²) >= 11 is 0. The molecule has 0 aromatic heterocycles. The Morgan fingerprint density at radius 3 is 2.70 bits per heavy atom. The van der Waals surface area contributed by atoms with Gasteiger partial charge >= 0.3 is 0 Å². The monoisotopic (exact) mass is 275 g/mol. The van der Waals surface area contributed by atoms with Crippen LogP contribution in [0, 0.1) is 5.92 Å². The molecule has 0 radical (unpaired) electrons. The molecule has 0 aliphatic carbocycles. The van der Waals surface area contributed by atoms with E-state index in [1.165, 1.54) is 37.1 Å². The van der Waals surface area contributed by atoms with E-state index in [0.29, 0.717) is 0 Å². The molecule has 3 heteroatoms. The fraction of sp³-hybridized carbons (Fsp3) is 0.647. The van der Waals surface area contributed by atoms with Gasteiger partial charge in [-0.25, -0.2) is 0 Å². The Morgan fingerprint density at radius 1 is 1.25 bits per heavy atom. The summed E-state index contributed by atoms with van der Waals surface area (Å²) in [6.07, 6.45) is 2.72. The average molecular weight is 275 g/mol. The Balaban J connectivity index is 1.81. The second kappa shape index (κ2) is 7.77. The lowest BCUT2D eigenvalue weighted by Gasteiger charge is -2.29. The number of rotatable bonds is 6. The summed E-state index contributed by atoms with van der Waals surface area (Å²) in [6, 6.07) is 8.77. The van der Waals surface area contributed by atoms with Crippen molar-refractivity contribution in [2.45, 2.75) is 25.9 Å². The molecule has 0 bridgehead atoms. The van der Waals surface area contributed by atoms with Gasteiger partial charge in [0.05, 0.1) is 0 Å². The molecule has 0 amide bonds. The fourth-order valence-corrected chi connectivity index (χ4v) is 3.08. The van der Waals surface area contributed by atoms with E-state index in [-0.39, 0.29) is 0 Å². The number of benzene rings is 1. The van der Waals surface area contributed by atoms with Crippen molar-refractivity contribution in [3.8, 4) is 0 Å². The van der Waals surface area contributed by atoms with E-state index in [9.17, 15) is 0 Å². The Hall–Kier alpha value is -0.900. The lowest BCUT2D eigenvalue weighted by atomic mass is 9.98. The molecule has 1 aromatic rings. The minimum atomic E-state index is 0.815. The van der Waals surface area contributed by atoms with Crippen LogP contribution >= 0.6 is 0 Å². The second-order valence-electron chi connectivity index (χ2n) is 6.41. The third kappa shape index (κ3) is 4.89. The van der Waals surface area contributed by atoms with E-state index in [4.69, 9.17) is 0 Å². The molecule has 112 valence electrons. The van der Waals surface area contributed by atoms with Crippen molar-refractivity contribution in [2.24, 2.45) is 5.92 Å². The lowest BCUT2D eigenvalue weighted by Crippen LogP contribution is -2.37. The van der Waals surface area contributed by atoms with E-state index in [1.54, 1.807) is 0 Å². The molecule has 1 saturated heterocycles. The van der Waals surface area contributed by atoms with Crippen molar-refractivity contribution in [3.63, 3.8) is 0 Å². The van der Waals surface area contributed by atoms with Crippen molar-refractivity contribution in [1.29, 1.82) is 0 Å². The normalized spacial score (nSPS) is 20.5. The van der Waals surface area contributed by atoms with Gasteiger partial charge in [-0.2, -0.15) is 0 Å². The molecule has 0 saturated carbocycles. The smallest absolute Gasteiger partial charge is 0.0230 e. The molecule has 1 N–H and O–H groups in total. The SMILES string of the molecule is CN(C)Cc1ccccc1CNCC1CCCN(C)C1. The molecule has 2 rings (SSSR count). The minimum absolute atomic E-state index is 0.815. The van der Waals surface area contributed by atoms with Gasteiger partial charge in [0.25, 0.3) is 0 Å². The molecule has 1 aromatic carbocycles. The van der Waals surface area contributed by atoms with Gasteiger partial charge in [-0.05, 0) is 64.1 Å². The van der Waals surface area contributed by atoms with Crippen molar-refractivity contribution < 1.29 is 0 Å². The van der Waals surface area contributed by atoms with E-state index in [0.717, 1.165) is 25.6 Å². The first kappa shape index (κ1) is 15.5. The number of nitrogens with one attached hydrogen (secondary N) is 1. The van der Waals surface area contributed by atoms with E-state index in [1.807, 2.05) is 0 Å². The Labute approximate surface area is 124 Å². The topological polar surface area (TPSA) is 18.5 Å². The molecule has 1 atom stereocenters. The van der Waals surface area contributed by atoms with Crippen LogP contribution in [0.25, 0.3) is 0 Å². The molecule has 1 aliphatic heterocycles. The summed E-state index contributed by atoms with van der Waals surface area (Å²) in [4.78, 5) is 4.69. The highest BCUT2D eigenvalue weighted by Gasteiger charge is 2.16. The summed E-state index contributed by atoms with van der Waals surface area (Å²) in [5, 5.41) is 3.66. The van der Waals surface area contributed by atoms with Gasteiger partial charge in [0.2, 0.25) is 0 Å². The van der Waals surface area contributed by atoms with Crippen LogP contribution in [0.2, 0.25) is 0 Å². The van der Waals surface area contributed by atoms with Gasteiger partial charge in [-0.1, -0.05) is 24.3 Å². The van der Waals surface area contributed by atoms with Crippen molar-refractivity contribution >= 4 is 0 Å². The van der Waals surface area contributed by atoms with Crippen LogP contribution in [0.4, 0.5) is 0 Å². The molecule has 0 spiro atoms. The van der Waals surface area contributed by atoms with Gasteiger partial charge in [-0.3, -0.25) is 0 Å². The maximum atomic E-state index is 3.66. The van der Waals surface area contributed by atoms with Crippen LogP contribution in [0.15, 0.2) is 24.3 Å². The van der Waals surface area contributed by atoms with Gasteiger partial charge in [0.1, 0.15) is 0 Å². The largest absolute Gasteiger partial charge is 0.312 e. The predicted molar refractivity (Wildman–Crippen MR) is 85.8 cm³/mol. The Morgan fingerprint density at radius 2 is 2.00 bits per heavy atom. The van der Waals surface area contributed by atoms with Crippen LogP contribution in [-0.4, -0.2) is 50.6 Å². The van der Waals surface area contributed by atoms with Crippen LogP contribution < -0.4 is 5.32 Å². The van der Waals surface area contributed by atoms with E-state index in [2.05, 4.69) is 60.5 Å². The molecular weight excluding hydrogens is 246 g/mol. The van der Waals surface area contributed by atoms with Crippen molar-refractivity contribution in [3.05, 3.63) is 35.4 Å². The number of likely N-dealkylation sites (tertiary alicyclic amines) is 1. The quantitative estimate of drug-likeness (QED) is 0.858. The number of nitrogens with zero attached hydrogens (tertiary/aromatic N) is 2. The number of hydrogen-bond acceptors (Lipinski definition) is 3. The summed E-state index contributed by atoms with van der Waals surface area (Å²) in [7, 11) is 6.49. The van der Waals surface area contributed by atoms with Crippen LogP contribution in [-0.2, 0) is 13.1 Å². The molecule has 1 unspecified atom stereocenters. The molecule has 3 nitrogen and oxygen atoms in total. The first-order chi connectivity index (χ1) is 9.65. The van der Waals surface area contributed by atoms with Gasteiger partial charge < -0.3 is 15.1 Å². The van der Waals surface area contributed by atoms with Gasteiger partial charge in [0, 0.05) is 19.6 Å². The third-order valence-electron chi connectivity index (χ3n) is 4.08. The maximum Gasteiger partial charge on any atom is 0.0230 e. The lowest BCUT2D eigenvalue weighted by molar-refractivity contribution is 0.206. The van der Waals surface area contributed by atoms with Crippen molar-refractivity contribution in [2.75, 3.05) is 40.8 Å². The van der Waals surface area contributed by atoms with Crippen LogP contribution in [0.5, 0.6) is 0 Å². The zero-order valence-electron chi connectivity index (χ0n) is 13.2.